The Hall–Kier alpha value is -0.570. The molecule has 0 spiro atoms. The van der Waals surface area contributed by atoms with E-state index in [4.69, 9.17) is 4.74 Å². The van der Waals surface area contributed by atoms with Gasteiger partial charge in [-0.3, -0.25) is 4.79 Å². The summed E-state index contributed by atoms with van der Waals surface area (Å²) in [5.74, 6) is -0.0884. The Labute approximate surface area is 87.2 Å². The zero-order valence-electron chi connectivity index (χ0n) is 9.64. The summed E-state index contributed by atoms with van der Waals surface area (Å²) in [6.45, 7) is 7.45. The lowest BCUT2D eigenvalue weighted by Gasteiger charge is -2.16. The average Bonchev–Trinajstić information content (AvgIpc) is 2.15. The highest BCUT2D eigenvalue weighted by atomic mass is 16.5. The Kier molecular flexibility index (Phi) is 8.64. The van der Waals surface area contributed by atoms with Crippen molar-refractivity contribution in [3.8, 4) is 0 Å². The van der Waals surface area contributed by atoms with Crippen molar-refractivity contribution in [3.63, 3.8) is 0 Å². The molecule has 1 unspecified atom stereocenters. The lowest BCUT2D eigenvalue weighted by atomic mass is 10.1. The molecule has 84 valence electrons. The second-order valence-electron chi connectivity index (χ2n) is 3.41. The van der Waals surface area contributed by atoms with Crippen LogP contribution in [0.15, 0.2) is 0 Å². The Morgan fingerprint density at radius 1 is 1.36 bits per heavy atom. The summed E-state index contributed by atoms with van der Waals surface area (Å²) in [5, 5.41) is 3.31. The van der Waals surface area contributed by atoms with E-state index in [1.165, 1.54) is 6.42 Å². The number of carbonyl (C=O) groups excluding carboxylic acids is 1. The molecule has 0 saturated heterocycles. The molecular weight excluding hydrogens is 178 g/mol. The Bertz CT molecular complexity index is 148. The molecule has 0 heterocycles. The van der Waals surface area contributed by atoms with Crippen LogP contribution >= 0.6 is 0 Å². The van der Waals surface area contributed by atoms with Crippen LogP contribution in [0.4, 0.5) is 0 Å². The molecular formula is C11H23NO2. The van der Waals surface area contributed by atoms with Gasteiger partial charge in [0.05, 0.1) is 13.0 Å². The molecule has 0 aliphatic rings. The first-order valence-corrected chi connectivity index (χ1v) is 5.63. The predicted molar refractivity (Wildman–Crippen MR) is 58.2 cm³/mol. The first-order valence-electron chi connectivity index (χ1n) is 5.63. The molecule has 0 aromatic carbocycles. The first-order chi connectivity index (χ1) is 6.74. The highest BCUT2D eigenvalue weighted by Crippen LogP contribution is 2.05. The fourth-order valence-corrected chi connectivity index (χ4v) is 1.44. The average molecular weight is 201 g/mol. The van der Waals surface area contributed by atoms with Crippen molar-refractivity contribution in [2.24, 2.45) is 0 Å². The third kappa shape index (κ3) is 6.89. The van der Waals surface area contributed by atoms with Gasteiger partial charge < -0.3 is 10.1 Å². The standard InChI is InChI=1S/C11H23NO2/c1-4-7-8-10(12-5-2)9-11(13)14-6-3/h10,12H,4-9H2,1-3H3. The van der Waals surface area contributed by atoms with Crippen LogP contribution in [0.2, 0.25) is 0 Å². The molecule has 1 atom stereocenters. The summed E-state index contributed by atoms with van der Waals surface area (Å²) in [6, 6.07) is 0.291. The lowest BCUT2D eigenvalue weighted by molar-refractivity contribution is -0.143. The van der Waals surface area contributed by atoms with E-state index in [2.05, 4.69) is 19.2 Å². The van der Waals surface area contributed by atoms with Crippen molar-refractivity contribution in [1.82, 2.24) is 5.32 Å². The lowest BCUT2D eigenvalue weighted by Crippen LogP contribution is -2.31. The van der Waals surface area contributed by atoms with Crippen LogP contribution in [0, 0.1) is 0 Å². The van der Waals surface area contributed by atoms with Crippen molar-refractivity contribution >= 4 is 5.97 Å². The van der Waals surface area contributed by atoms with Gasteiger partial charge in [-0.2, -0.15) is 0 Å². The molecule has 0 aromatic heterocycles. The van der Waals surface area contributed by atoms with Crippen molar-refractivity contribution < 1.29 is 9.53 Å². The summed E-state index contributed by atoms with van der Waals surface area (Å²) in [7, 11) is 0. The Balaban J connectivity index is 3.75. The van der Waals surface area contributed by atoms with E-state index in [9.17, 15) is 4.79 Å². The maximum absolute atomic E-state index is 11.2. The third-order valence-corrected chi connectivity index (χ3v) is 2.12. The summed E-state index contributed by atoms with van der Waals surface area (Å²) in [5.41, 5.74) is 0. The van der Waals surface area contributed by atoms with Crippen LogP contribution in [-0.2, 0) is 9.53 Å². The molecule has 0 amide bonds. The largest absolute Gasteiger partial charge is 0.466 e. The van der Waals surface area contributed by atoms with E-state index in [-0.39, 0.29) is 5.97 Å². The van der Waals surface area contributed by atoms with Crippen LogP contribution in [0.1, 0.15) is 46.5 Å². The minimum Gasteiger partial charge on any atom is -0.466 e. The van der Waals surface area contributed by atoms with E-state index < -0.39 is 0 Å². The van der Waals surface area contributed by atoms with E-state index >= 15 is 0 Å². The minimum absolute atomic E-state index is 0.0884. The van der Waals surface area contributed by atoms with E-state index in [0.717, 1.165) is 19.4 Å². The maximum atomic E-state index is 11.2. The molecule has 0 aliphatic heterocycles. The van der Waals surface area contributed by atoms with E-state index in [0.29, 0.717) is 19.1 Å². The first kappa shape index (κ1) is 13.4. The van der Waals surface area contributed by atoms with Gasteiger partial charge >= 0.3 is 5.97 Å². The molecule has 0 saturated carbocycles. The summed E-state index contributed by atoms with van der Waals surface area (Å²) in [4.78, 5) is 11.2. The number of ether oxygens (including phenoxy) is 1. The number of rotatable bonds is 8. The van der Waals surface area contributed by atoms with Crippen LogP contribution in [0.5, 0.6) is 0 Å². The molecule has 1 N–H and O–H groups in total. The SMILES string of the molecule is CCCCC(CC(=O)OCC)NCC. The quantitative estimate of drug-likeness (QED) is 0.611. The van der Waals surface area contributed by atoms with Gasteiger partial charge in [-0.1, -0.05) is 26.7 Å². The van der Waals surface area contributed by atoms with Gasteiger partial charge in [0.25, 0.3) is 0 Å². The molecule has 0 rings (SSSR count). The number of esters is 1. The molecule has 0 bridgehead atoms. The fraction of sp³-hybridized carbons (Fsp3) is 0.909. The molecule has 14 heavy (non-hydrogen) atoms. The summed E-state index contributed by atoms with van der Waals surface area (Å²) < 4.78 is 4.92. The normalized spacial score (nSPS) is 12.5. The van der Waals surface area contributed by atoms with Crippen LogP contribution < -0.4 is 5.32 Å². The minimum atomic E-state index is -0.0884. The molecule has 0 radical (unpaired) electrons. The zero-order valence-corrected chi connectivity index (χ0v) is 9.64. The fourth-order valence-electron chi connectivity index (χ4n) is 1.44. The molecule has 0 fully saturated rings. The molecule has 0 aliphatic carbocycles. The second-order valence-corrected chi connectivity index (χ2v) is 3.41. The van der Waals surface area contributed by atoms with Gasteiger partial charge in [0.1, 0.15) is 0 Å². The monoisotopic (exact) mass is 201 g/mol. The number of carbonyl (C=O) groups is 1. The molecule has 3 heteroatoms. The van der Waals surface area contributed by atoms with Crippen molar-refractivity contribution in [2.45, 2.75) is 52.5 Å². The highest BCUT2D eigenvalue weighted by molar-refractivity contribution is 5.70. The molecule has 3 nitrogen and oxygen atoms in total. The Morgan fingerprint density at radius 2 is 2.07 bits per heavy atom. The number of hydrogen-bond donors (Lipinski definition) is 1. The van der Waals surface area contributed by atoms with Gasteiger partial charge in [0.15, 0.2) is 0 Å². The summed E-state index contributed by atoms with van der Waals surface area (Å²) >= 11 is 0. The van der Waals surface area contributed by atoms with Crippen LogP contribution in [-0.4, -0.2) is 25.2 Å². The smallest absolute Gasteiger partial charge is 0.307 e. The Morgan fingerprint density at radius 3 is 2.57 bits per heavy atom. The van der Waals surface area contributed by atoms with E-state index in [1.54, 1.807) is 0 Å². The van der Waals surface area contributed by atoms with Gasteiger partial charge in [-0.15, -0.1) is 0 Å². The van der Waals surface area contributed by atoms with E-state index in [1.807, 2.05) is 6.92 Å². The van der Waals surface area contributed by atoms with Crippen LogP contribution in [0.25, 0.3) is 0 Å². The number of unbranched alkanes of at least 4 members (excludes halogenated alkanes) is 1. The summed E-state index contributed by atoms with van der Waals surface area (Å²) in [6.07, 6.45) is 3.90. The van der Waals surface area contributed by atoms with Gasteiger partial charge in [0.2, 0.25) is 0 Å². The number of nitrogens with one attached hydrogen (secondary N) is 1. The van der Waals surface area contributed by atoms with Crippen molar-refractivity contribution in [1.29, 1.82) is 0 Å². The second kappa shape index (κ2) is 9.00. The number of hydrogen-bond acceptors (Lipinski definition) is 3. The van der Waals surface area contributed by atoms with Gasteiger partial charge in [-0.25, -0.2) is 0 Å². The highest BCUT2D eigenvalue weighted by Gasteiger charge is 2.12. The maximum Gasteiger partial charge on any atom is 0.307 e. The zero-order chi connectivity index (χ0) is 10.8. The van der Waals surface area contributed by atoms with Crippen molar-refractivity contribution in [2.75, 3.05) is 13.2 Å². The van der Waals surface area contributed by atoms with Gasteiger partial charge in [0, 0.05) is 6.04 Å². The van der Waals surface area contributed by atoms with Gasteiger partial charge in [-0.05, 0) is 19.9 Å². The van der Waals surface area contributed by atoms with Crippen molar-refractivity contribution in [3.05, 3.63) is 0 Å². The molecule has 0 aromatic rings. The third-order valence-electron chi connectivity index (χ3n) is 2.12. The van der Waals surface area contributed by atoms with Crippen LogP contribution in [0.3, 0.4) is 0 Å². The topological polar surface area (TPSA) is 38.3 Å². The predicted octanol–water partition coefficient (Wildman–Crippen LogP) is 2.11.